The lowest BCUT2D eigenvalue weighted by atomic mass is 10.1. The van der Waals surface area contributed by atoms with Gasteiger partial charge in [0.15, 0.2) is 0 Å². The van der Waals surface area contributed by atoms with Gasteiger partial charge in [-0.15, -0.1) is 0 Å². The van der Waals surface area contributed by atoms with Gasteiger partial charge in [-0.25, -0.2) is 0 Å². The highest BCUT2D eigenvalue weighted by molar-refractivity contribution is 7.80. The number of hydrogen-bond acceptors (Lipinski definition) is 3. The number of hydrogen-bond donors (Lipinski definition) is 2. The molecule has 0 unspecified atom stereocenters. The van der Waals surface area contributed by atoms with Crippen LogP contribution in [0.4, 0.5) is 11.4 Å². The molecule has 0 aliphatic rings. The van der Waals surface area contributed by atoms with Crippen LogP contribution >= 0.6 is 23.8 Å². The molecule has 3 N–H and O–H groups in total. The van der Waals surface area contributed by atoms with E-state index in [4.69, 9.17) is 29.6 Å². The zero-order valence-electron chi connectivity index (χ0n) is 11.0. The van der Waals surface area contributed by atoms with Crippen molar-refractivity contribution in [1.29, 1.82) is 0 Å². The van der Waals surface area contributed by atoms with E-state index in [1.54, 1.807) is 6.20 Å². The molecule has 0 atom stereocenters. The van der Waals surface area contributed by atoms with E-state index < -0.39 is 0 Å². The fourth-order valence-electron chi connectivity index (χ4n) is 2.16. The summed E-state index contributed by atoms with van der Waals surface area (Å²) in [6.07, 6.45) is 1.68. The first-order chi connectivity index (χ1) is 10.2. The second-order valence-electron chi connectivity index (χ2n) is 4.53. The molecule has 0 fully saturated rings. The van der Waals surface area contributed by atoms with Gasteiger partial charge >= 0.3 is 0 Å². The number of nitrogens with zero attached hydrogens (tertiary/aromatic N) is 1. The van der Waals surface area contributed by atoms with E-state index in [0.29, 0.717) is 15.6 Å². The lowest BCUT2D eigenvalue weighted by Crippen LogP contribution is -2.13. The van der Waals surface area contributed by atoms with Gasteiger partial charge in [0.2, 0.25) is 0 Å². The van der Waals surface area contributed by atoms with Crippen molar-refractivity contribution >= 4 is 51.1 Å². The van der Waals surface area contributed by atoms with Crippen LogP contribution in [0.2, 0.25) is 5.02 Å². The highest BCUT2D eigenvalue weighted by atomic mass is 35.5. The van der Waals surface area contributed by atoms with Crippen molar-refractivity contribution in [2.75, 3.05) is 5.32 Å². The van der Waals surface area contributed by atoms with Crippen LogP contribution in [0.15, 0.2) is 54.7 Å². The van der Waals surface area contributed by atoms with E-state index in [1.165, 1.54) is 0 Å². The fourth-order valence-corrected chi connectivity index (χ4v) is 2.50. The third-order valence-corrected chi connectivity index (χ3v) is 3.72. The van der Waals surface area contributed by atoms with Crippen LogP contribution < -0.4 is 11.1 Å². The molecule has 3 nitrogen and oxygen atoms in total. The van der Waals surface area contributed by atoms with Gasteiger partial charge < -0.3 is 11.1 Å². The van der Waals surface area contributed by atoms with E-state index in [1.807, 2.05) is 48.5 Å². The molecule has 0 spiro atoms. The van der Waals surface area contributed by atoms with Gasteiger partial charge in [0.25, 0.3) is 0 Å². The summed E-state index contributed by atoms with van der Waals surface area (Å²) >= 11 is 11.3. The van der Waals surface area contributed by atoms with Gasteiger partial charge in [-0.3, -0.25) is 4.98 Å². The van der Waals surface area contributed by atoms with Crippen LogP contribution in [-0.4, -0.2) is 9.97 Å². The molecule has 0 radical (unpaired) electrons. The predicted octanol–water partition coefficient (Wildman–Crippen LogP) is 4.27. The number of anilines is 2. The van der Waals surface area contributed by atoms with Gasteiger partial charge in [0, 0.05) is 11.6 Å². The lowest BCUT2D eigenvalue weighted by molar-refractivity contribution is 1.38. The minimum Gasteiger partial charge on any atom is -0.389 e. The van der Waals surface area contributed by atoms with Crippen molar-refractivity contribution in [1.82, 2.24) is 4.98 Å². The molecule has 1 aromatic heterocycles. The van der Waals surface area contributed by atoms with Crippen LogP contribution in [0.1, 0.15) is 5.56 Å². The Morgan fingerprint density at radius 1 is 1.10 bits per heavy atom. The van der Waals surface area contributed by atoms with Crippen LogP contribution in [0, 0.1) is 0 Å². The maximum Gasteiger partial charge on any atom is 0.107 e. The Morgan fingerprint density at radius 3 is 2.57 bits per heavy atom. The first-order valence-corrected chi connectivity index (χ1v) is 7.14. The molecule has 21 heavy (non-hydrogen) atoms. The Labute approximate surface area is 132 Å². The summed E-state index contributed by atoms with van der Waals surface area (Å²) in [6, 6.07) is 15.3. The van der Waals surface area contributed by atoms with Gasteiger partial charge in [-0.2, -0.15) is 0 Å². The van der Waals surface area contributed by atoms with E-state index in [2.05, 4.69) is 10.3 Å². The topological polar surface area (TPSA) is 50.9 Å². The maximum atomic E-state index is 6.22. The smallest absolute Gasteiger partial charge is 0.107 e. The Hall–Kier alpha value is -2.17. The number of nitrogens with one attached hydrogen (secondary N) is 1. The molecule has 104 valence electrons. The summed E-state index contributed by atoms with van der Waals surface area (Å²) in [4.78, 5) is 4.68. The SMILES string of the molecule is NC(=S)c1cnc2ccccc2c1Nc1ccccc1Cl. The number of nitrogens with two attached hydrogens (primary N) is 1. The molecular weight excluding hydrogens is 302 g/mol. The Morgan fingerprint density at radius 2 is 1.81 bits per heavy atom. The molecular formula is C16H12ClN3S. The second kappa shape index (κ2) is 5.68. The summed E-state index contributed by atoms with van der Waals surface area (Å²) in [5.41, 5.74) is 9.00. The van der Waals surface area contributed by atoms with Gasteiger partial charge in [-0.1, -0.05) is 54.2 Å². The van der Waals surface area contributed by atoms with Crippen molar-refractivity contribution < 1.29 is 0 Å². The Bertz CT molecular complexity index is 833. The number of fused-ring (bicyclic) bond motifs is 1. The number of pyridine rings is 1. The van der Waals surface area contributed by atoms with E-state index in [9.17, 15) is 0 Å². The Balaban J connectivity index is 2.21. The molecule has 5 heteroatoms. The number of aromatic nitrogens is 1. The van der Waals surface area contributed by atoms with Crippen molar-refractivity contribution in [2.24, 2.45) is 5.73 Å². The van der Waals surface area contributed by atoms with Crippen molar-refractivity contribution in [2.45, 2.75) is 0 Å². The summed E-state index contributed by atoms with van der Waals surface area (Å²) in [5, 5.41) is 4.90. The minimum absolute atomic E-state index is 0.294. The number of para-hydroxylation sites is 2. The molecule has 0 bridgehead atoms. The number of thiocarbonyl (C=S) groups is 1. The van der Waals surface area contributed by atoms with Crippen LogP contribution in [0.3, 0.4) is 0 Å². The molecule has 0 saturated carbocycles. The second-order valence-corrected chi connectivity index (χ2v) is 5.38. The average molecular weight is 314 g/mol. The van der Waals surface area contributed by atoms with E-state index >= 15 is 0 Å². The largest absolute Gasteiger partial charge is 0.389 e. The zero-order valence-corrected chi connectivity index (χ0v) is 12.6. The summed E-state index contributed by atoms with van der Waals surface area (Å²) in [6.45, 7) is 0. The van der Waals surface area contributed by atoms with E-state index in [0.717, 1.165) is 22.3 Å². The van der Waals surface area contributed by atoms with Gasteiger partial charge in [-0.05, 0) is 18.2 Å². The van der Waals surface area contributed by atoms with Crippen molar-refractivity contribution in [3.8, 4) is 0 Å². The number of halogens is 1. The van der Waals surface area contributed by atoms with Crippen LogP contribution in [0.25, 0.3) is 10.9 Å². The number of rotatable bonds is 3. The standard InChI is InChI=1S/C16H12ClN3S/c17-12-6-2-4-8-14(12)20-15-10-5-1-3-7-13(10)19-9-11(15)16(18)21/h1-9H,(H2,18,21)(H,19,20). The summed E-state index contributed by atoms with van der Waals surface area (Å²) < 4.78 is 0. The van der Waals surface area contributed by atoms with Crippen LogP contribution in [0.5, 0.6) is 0 Å². The average Bonchev–Trinajstić information content (AvgIpc) is 2.49. The molecule has 0 aliphatic carbocycles. The van der Waals surface area contributed by atoms with Gasteiger partial charge in [0.05, 0.1) is 27.5 Å². The highest BCUT2D eigenvalue weighted by Gasteiger charge is 2.12. The number of benzene rings is 2. The lowest BCUT2D eigenvalue weighted by Gasteiger charge is -2.14. The first-order valence-electron chi connectivity index (χ1n) is 6.36. The van der Waals surface area contributed by atoms with Gasteiger partial charge in [0.1, 0.15) is 4.99 Å². The molecule has 0 amide bonds. The zero-order chi connectivity index (χ0) is 14.8. The molecule has 1 heterocycles. The third-order valence-electron chi connectivity index (χ3n) is 3.17. The predicted molar refractivity (Wildman–Crippen MR) is 92.4 cm³/mol. The first kappa shape index (κ1) is 13.8. The normalized spacial score (nSPS) is 10.5. The molecule has 3 aromatic rings. The molecule has 3 rings (SSSR count). The fraction of sp³-hybridized carbons (Fsp3) is 0. The Kier molecular flexibility index (Phi) is 3.73. The molecule has 0 saturated heterocycles. The summed E-state index contributed by atoms with van der Waals surface area (Å²) in [5.74, 6) is 0. The maximum absolute atomic E-state index is 6.22. The summed E-state index contributed by atoms with van der Waals surface area (Å²) in [7, 11) is 0. The van der Waals surface area contributed by atoms with Crippen LogP contribution in [-0.2, 0) is 0 Å². The third kappa shape index (κ3) is 2.68. The molecule has 2 aromatic carbocycles. The van der Waals surface area contributed by atoms with E-state index in [-0.39, 0.29) is 0 Å². The quantitative estimate of drug-likeness (QED) is 0.709. The van der Waals surface area contributed by atoms with Crippen molar-refractivity contribution in [3.63, 3.8) is 0 Å². The minimum atomic E-state index is 0.294. The highest BCUT2D eigenvalue weighted by Crippen LogP contribution is 2.31. The monoisotopic (exact) mass is 313 g/mol. The van der Waals surface area contributed by atoms with Crippen molar-refractivity contribution in [3.05, 3.63) is 65.3 Å². The molecule has 0 aliphatic heterocycles.